The Kier molecular flexibility index (Phi) is 4.91. The number of Topliss-reactive ketones (excluding diaryl/α,β-unsaturated/α-hetero) is 1. The van der Waals surface area contributed by atoms with Crippen LogP contribution in [0.25, 0.3) is 0 Å². The van der Waals surface area contributed by atoms with Crippen LogP contribution < -0.4 is 4.57 Å². The monoisotopic (exact) mass is 355 g/mol. The Morgan fingerprint density at radius 1 is 1.20 bits per heavy atom. The van der Waals surface area contributed by atoms with Crippen molar-refractivity contribution < 1.29 is 14.5 Å². The molecule has 4 nitrogen and oxygen atoms in total. The minimum Gasteiger partial charge on any atom is -0.503 e. The SMILES string of the molecule is Cc1cc(C(=O)C[n+]2cccc(O)c2)c(C)n1Cc1ccccc1Cl. The summed E-state index contributed by atoms with van der Waals surface area (Å²) in [5, 5.41) is 10.3. The smallest absolute Gasteiger partial charge is 0.229 e. The highest BCUT2D eigenvalue weighted by molar-refractivity contribution is 6.31. The van der Waals surface area contributed by atoms with E-state index in [0.717, 1.165) is 22.0 Å². The van der Waals surface area contributed by atoms with Gasteiger partial charge in [-0.15, -0.1) is 0 Å². The van der Waals surface area contributed by atoms with E-state index in [2.05, 4.69) is 4.57 Å². The second kappa shape index (κ2) is 7.11. The molecule has 0 saturated carbocycles. The lowest BCUT2D eigenvalue weighted by molar-refractivity contribution is -0.683. The summed E-state index contributed by atoms with van der Waals surface area (Å²) >= 11 is 6.26. The number of hydrogen-bond acceptors (Lipinski definition) is 2. The van der Waals surface area contributed by atoms with Crippen molar-refractivity contribution in [3.63, 3.8) is 0 Å². The van der Waals surface area contributed by atoms with Crippen molar-refractivity contribution in [3.05, 3.63) is 82.4 Å². The molecule has 3 rings (SSSR count). The van der Waals surface area contributed by atoms with Crippen LogP contribution in [0.15, 0.2) is 54.9 Å². The van der Waals surface area contributed by atoms with Gasteiger partial charge in [-0.25, -0.2) is 0 Å². The number of carbonyl (C=O) groups is 1. The number of halogens is 1. The van der Waals surface area contributed by atoms with Gasteiger partial charge in [0.2, 0.25) is 18.5 Å². The number of benzene rings is 1. The van der Waals surface area contributed by atoms with Gasteiger partial charge in [-0.3, -0.25) is 4.79 Å². The third kappa shape index (κ3) is 3.74. The largest absolute Gasteiger partial charge is 0.503 e. The standard InChI is InChI=1S/C20H19ClN2O2/c1-14-10-18(20(25)13-22-9-5-7-17(24)12-22)15(2)23(14)11-16-6-3-4-8-19(16)21/h3-10,12H,11,13H2,1-2H3/p+1. The first-order valence-electron chi connectivity index (χ1n) is 8.07. The molecule has 25 heavy (non-hydrogen) atoms. The van der Waals surface area contributed by atoms with E-state index in [0.29, 0.717) is 12.1 Å². The zero-order valence-corrected chi connectivity index (χ0v) is 15.0. The van der Waals surface area contributed by atoms with E-state index in [4.69, 9.17) is 11.6 Å². The lowest BCUT2D eigenvalue weighted by Crippen LogP contribution is -2.37. The number of ketones is 1. The minimum absolute atomic E-state index is 0.00843. The average molecular weight is 356 g/mol. The number of pyridine rings is 1. The fourth-order valence-electron chi connectivity index (χ4n) is 2.98. The van der Waals surface area contributed by atoms with Crippen molar-refractivity contribution in [2.45, 2.75) is 26.9 Å². The number of nitrogens with zero attached hydrogens (tertiary/aromatic N) is 2. The highest BCUT2D eigenvalue weighted by Gasteiger charge is 2.19. The summed E-state index contributed by atoms with van der Waals surface area (Å²) in [6.45, 7) is 4.75. The Balaban J connectivity index is 1.86. The topological polar surface area (TPSA) is 46.1 Å². The van der Waals surface area contributed by atoms with Crippen molar-refractivity contribution in [2.75, 3.05) is 0 Å². The van der Waals surface area contributed by atoms with E-state index in [1.165, 1.54) is 0 Å². The first-order chi connectivity index (χ1) is 12.0. The molecule has 0 aliphatic carbocycles. The summed E-state index contributed by atoms with van der Waals surface area (Å²) in [4.78, 5) is 12.7. The first kappa shape index (κ1) is 17.2. The van der Waals surface area contributed by atoms with Gasteiger partial charge in [0.05, 0.1) is 0 Å². The molecule has 0 fully saturated rings. The highest BCUT2D eigenvalue weighted by Crippen LogP contribution is 2.21. The molecule has 0 bridgehead atoms. The third-order valence-corrected chi connectivity index (χ3v) is 4.70. The molecule has 0 aliphatic rings. The lowest BCUT2D eigenvalue weighted by atomic mass is 10.1. The van der Waals surface area contributed by atoms with Crippen LogP contribution in [0.5, 0.6) is 5.75 Å². The van der Waals surface area contributed by atoms with Gasteiger partial charge in [0, 0.05) is 34.6 Å². The van der Waals surface area contributed by atoms with Gasteiger partial charge in [-0.2, -0.15) is 4.57 Å². The van der Waals surface area contributed by atoms with E-state index in [1.54, 1.807) is 29.1 Å². The molecule has 0 radical (unpaired) electrons. The summed E-state index contributed by atoms with van der Waals surface area (Å²) in [6, 6.07) is 12.9. The fraction of sp³-hybridized carbons (Fsp3) is 0.200. The molecular formula is C20H20ClN2O2+. The Morgan fingerprint density at radius 3 is 2.68 bits per heavy atom. The number of aromatic nitrogens is 2. The maximum atomic E-state index is 12.7. The van der Waals surface area contributed by atoms with Gasteiger partial charge in [0.1, 0.15) is 0 Å². The van der Waals surface area contributed by atoms with Gasteiger partial charge in [0.25, 0.3) is 0 Å². The summed E-state index contributed by atoms with van der Waals surface area (Å²) in [5.41, 5.74) is 3.65. The third-order valence-electron chi connectivity index (χ3n) is 4.33. The second-order valence-corrected chi connectivity index (χ2v) is 6.53. The molecule has 0 unspecified atom stereocenters. The van der Waals surface area contributed by atoms with Crippen LogP contribution in [0.4, 0.5) is 0 Å². The van der Waals surface area contributed by atoms with E-state index in [1.807, 2.05) is 44.2 Å². The quantitative estimate of drug-likeness (QED) is 0.560. The van der Waals surface area contributed by atoms with Crippen molar-refractivity contribution in [1.29, 1.82) is 0 Å². The molecule has 0 saturated heterocycles. The number of hydrogen-bond donors (Lipinski definition) is 1. The predicted octanol–water partition coefficient (Wildman–Crippen LogP) is 3.68. The minimum atomic E-state index is 0.00843. The Bertz CT molecular complexity index is 931. The molecule has 0 amide bonds. The summed E-state index contributed by atoms with van der Waals surface area (Å²) in [5.74, 6) is 0.147. The zero-order valence-electron chi connectivity index (χ0n) is 14.2. The first-order valence-corrected chi connectivity index (χ1v) is 8.45. The molecule has 1 aromatic carbocycles. The van der Waals surface area contributed by atoms with Crippen LogP contribution in [-0.2, 0) is 13.1 Å². The van der Waals surface area contributed by atoms with E-state index < -0.39 is 0 Å². The van der Waals surface area contributed by atoms with Gasteiger partial charge in [0.15, 0.2) is 11.9 Å². The van der Waals surface area contributed by atoms with Gasteiger partial charge in [-0.1, -0.05) is 29.8 Å². The number of rotatable bonds is 5. The average Bonchev–Trinajstić information content (AvgIpc) is 2.85. The Hall–Kier alpha value is -2.59. The zero-order chi connectivity index (χ0) is 18.0. The van der Waals surface area contributed by atoms with Crippen LogP contribution in [0.3, 0.4) is 0 Å². The number of aryl methyl sites for hydroxylation is 1. The molecule has 5 heteroatoms. The molecule has 128 valence electrons. The summed E-state index contributed by atoms with van der Waals surface area (Å²) in [7, 11) is 0. The fourth-order valence-corrected chi connectivity index (χ4v) is 3.18. The molecule has 2 aromatic heterocycles. The van der Waals surface area contributed by atoms with E-state index >= 15 is 0 Å². The molecular weight excluding hydrogens is 336 g/mol. The molecule has 0 aliphatic heterocycles. The molecule has 0 spiro atoms. The molecule has 2 heterocycles. The maximum Gasteiger partial charge on any atom is 0.229 e. The van der Waals surface area contributed by atoms with Gasteiger partial charge in [-0.05, 0) is 37.6 Å². The van der Waals surface area contributed by atoms with Gasteiger partial charge >= 0.3 is 0 Å². The van der Waals surface area contributed by atoms with Crippen LogP contribution in [0, 0.1) is 13.8 Å². The van der Waals surface area contributed by atoms with Crippen molar-refractivity contribution in [2.24, 2.45) is 0 Å². The van der Waals surface area contributed by atoms with Crippen LogP contribution >= 0.6 is 11.6 Å². The molecule has 3 aromatic rings. The predicted molar refractivity (Wildman–Crippen MR) is 97.1 cm³/mol. The molecule has 1 N–H and O–H groups in total. The van der Waals surface area contributed by atoms with E-state index in [9.17, 15) is 9.90 Å². The highest BCUT2D eigenvalue weighted by atomic mass is 35.5. The number of aromatic hydroxyl groups is 1. The van der Waals surface area contributed by atoms with Crippen LogP contribution in [0.2, 0.25) is 5.02 Å². The van der Waals surface area contributed by atoms with Crippen LogP contribution in [0.1, 0.15) is 27.3 Å². The van der Waals surface area contributed by atoms with Gasteiger partial charge < -0.3 is 9.67 Å². The van der Waals surface area contributed by atoms with Crippen molar-refractivity contribution >= 4 is 17.4 Å². The van der Waals surface area contributed by atoms with Crippen molar-refractivity contribution in [1.82, 2.24) is 4.57 Å². The number of carbonyl (C=O) groups excluding carboxylic acids is 1. The Morgan fingerprint density at radius 2 is 1.96 bits per heavy atom. The van der Waals surface area contributed by atoms with E-state index in [-0.39, 0.29) is 18.1 Å². The Labute approximate surface area is 151 Å². The van der Waals surface area contributed by atoms with Crippen molar-refractivity contribution in [3.8, 4) is 5.75 Å². The summed E-state index contributed by atoms with van der Waals surface area (Å²) in [6.07, 6.45) is 3.31. The maximum absolute atomic E-state index is 12.7. The van der Waals surface area contributed by atoms with Crippen LogP contribution in [-0.4, -0.2) is 15.5 Å². The molecule has 0 atom stereocenters. The lowest BCUT2D eigenvalue weighted by Gasteiger charge is -2.11. The summed E-state index contributed by atoms with van der Waals surface area (Å²) < 4.78 is 3.78. The normalized spacial score (nSPS) is 10.8. The second-order valence-electron chi connectivity index (χ2n) is 6.12.